The van der Waals surface area contributed by atoms with Crippen LogP contribution in [0.3, 0.4) is 0 Å². The van der Waals surface area contributed by atoms with Crippen LogP contribution >= 0.6 is 11.8 Å². The maximum Gasteiger partial charge on any atom is 0.327 e. The van der Waals surface area contributed by atoms with E-state index in [2.05, 4.69) is 38.7 Å². The van der Waals surface area contributed by atoms with Crippen molar-refractivity contribution in [2.24, 2.45) is 22.7 Å². The molecular weight excluding hydrogens is 426 g/mol. The first-order valence-electron chi connectivity index (χ1n) is 11.5. The normalized spacial score (nSPS) is 35.5. The van der Waals surface area contributed by atoms with Crippen molar-refractivity contribution in [3.63, 3.8) is 0 Å². The molecule has 6 nitrogen and oxygen atoms in total. The SMILES string of the molecule is C=C/C(C)=C/C[C@H]1[C@@](O)(CSC[C@H](NC(C)=O)C(=O)O)[C@@H](O)CC2C(C)(C)CCC[C@@]21C. The summed E-state index contributed by atoms with van der Waals surface area (Å²) in [7, 11) is 0. The number of amides is 1. The van der Waals surface area contributed by atoms with E-state index >= 15 is 0 Å². The molecule has 1 amide bonds. The minimum absolute atomic E-state index is 0.0811. The lowest BCUT2D eigenvalue weighted by Gasteiger charge is -2.63. The molecule has 6 atom stereocenters. The van der Waals surface area contributed by atoms with Crippen LogP contribution in [0.25, 0.3) is 0 Å². The molecule has 0 bridgehead atoms. The van der Waals surface area contributed by atoms with Gasteiger partial charge in [-0.1, -0.05) is 51.5 Å². The van der Waals surface area contributed by atoms with Crippen LogP contribution in [0.2, 0.25) is 0 Å². The van der Waals surface area contributed by atoms with E-state index in [1.807, 2.05) is 6.92 Å². The van der Waals surface area contributed by atoms with E-state index in [1.54, 1.807) is 6.08 Å². The summed E-state index contributed by atoms with van der Waals surface area (Å²) < 4.78 is 0. The van der Waals surface area contributed by atoms with Gasteiger partial charge in [0.1, 0.15) is 11.6 Å². The fraction of sp³-hybridized carbons (Fsp3) is 0.760. The van der Waals surface area contributed by atoms with E-state index in [0.29, 0.717) is 12.8 Å². The Hall–Kier alpha value is -1.31. The van der Waals surface area contributed by atoms with Crippen LogP contribution in [0.5, 0.6) is 0 Å². The number of carbonyl (C=O) groups excluding carboxylic acids is 1. The van der Waals surface area contributed by atoms with Gasteiger partial charge in [-0.3, -0.25) is 4.79 Å². The van der Waals surface area contributed by atoms with Crippen LogP contribution < -0.4 is 5.32 Å². The second-order valence-electron chi connectivity index (χ2n) is 10.7. The highest BCUT2D eigenvalue weighted by Gasteiger charge is 2.62. The molecule has 2 saturated carbocycles. The number of allylic oxidation sites excluding steroid dienone is 3. The van der Waals surface area contributed by atoms with Gasteiger partial charge < -0.3 is 20.6 Å². The van der Waals surface area contributed by atoms with Gasteiger partial charge in [0, 0.05) is 24.3 Å². The van der Waals surface area contributed by atoms with Crippen LogP contribution in [0, 0.1) is 22.7 Å². The van der Waals surface area contributed by atoms with Gasteiger partial charge in [-0.15, -0.1) is 0 Å². The standard InChI is InChI=1S/C25H41NO5S/c1-7-16(2)9-10-19-24(6)12-8-11-23(4,5)20(24)13-21(28)25(19,31)15-32-14-18(22(29)30)26-17(3)27/h7,9,18-21,28,31H,1,8,10-15H2,2-6H3,(H,26,27)(H,29,30)/b16-9+/t18-,19+,20?,21-,24+,25-/m0/s1. The molecule has 0 radical (unpaired) electrons. The number of aliphatic hydroxyl groups is 2. The average molecular weight is 468 g/mol. The summed E-state index contributed by atoms with van der Waals surface area (Å²) >= 11 is 1.28. The number of fused-ring (bicyclic) bond motifs is 1. The minimum Gasteiger partial charge on any atom is -0.480 e. The van der Waals surface area contributed by atoms with Crippen LogP contribution in [0.15, 0.2) is 24.3 Å². The Bertz CT molecular complexity index is 751. The zero-order valence-corrected chi connectivity index (χ0v) is 21.0. The van der Waals surface area contributed by atoms with Gasteiger partial charge >= 0.3 is 5.97 Å². The molecule has 4 N–H and O–H groups in total. The van der Waals surface area contributed by atoms with Gasteiger partial charge in [-0.05, 0) is 49.4 Å². The number of rotatable bonds is 9. The predicted molar refractivity (Wildman–Crippen MR) is 129 cm³/mol. The van der Waals surface area contributed by atoms with E-state index in [1.165, 1.54) is 18.7 Å². The first kappa shape index (κ1) is 26.9. The Morgan fingerprint density at radius 2 is 1.91 bits per heavy atom. The number of thioether (sulfide) groups is 1. The number of carboxylic acid groups (broad SMARTS) is 1. The smallest absolute Gasteiger partial charge is 0.327 e. The van der Waals surface area contributed by atoms with Crippen molar-refractivity contribution in [2.75, 3.05) is 11.5 Å². The van der Waals surface area contributed by atoms with Crippen molar-refractivity contribution in [3.8, 4) is 0 Å². The molecule has 0 heterocycles. The number of hydrogen-bond acceptors (Lipinski definition) is 5. The molecule has 182 valence electrons. The number of aliphatic hydroxyl groups excluding tert-OH is 1. The van der Waals surface area contributed by atoms with Crippen molar-refractivity contribution in [3.05, 3.63) is 24.3 Å². The van der Waals surface area contributed by atoms with Crippen molar-refractivity contribution >= 4 is 23.6 Å². The summed E-state index contributed by atoms with van der Waals surface area (Å²) in [6.45, 7) is 13.9. The summed E-state index contributed by atoms with van der Waals surface area (Å²) in [6, 6.07) is -1.03. The molecule has 0 aliphatic heterocycles. The summed E-state index contributed by atoms with van der Waals surface area (Å²) in [5.41, 5.74) is -0.372. The second-order valence-corrected chi connectivity index (χ2v) is 11.7. The highest BCUT2D eigenvalue weighted by Crippen LogP contribution is 2.63. The van der Waals surface area contributed by atoms with E-state index in [9.17, 15) is 24.9 Å². The van der Waals surface area contributed by atoms with Crippen LogP contribution in [-0.4, -0.2) is 56.4 Å². The van der Waals surface area contributed by atoms with Gasteiger partial charge in [0.15, 0.2) is 0 Å². The van der Waals surface area contributed by atoms with Crippen molar-refractivity contribution in [1.82, 2.24) is 5.32 Å². The zero-order valence-electron chi connectivity index (χ0n) is 20.2. The van der Waals surface area contributed by atoms with E-state index in [0.717, 1.165) is 24.8 Å². The Balaban J connectivity index is 2.33. The lowest BCUT2D eigenvalue weighted by Crippen LogP contribution is -2.65. The number of nitrogens with one attached hydrogen (secondary N) is 1. The first-order chi connectivity index (χ1) is 14.8. The third kappa shape index (κ3) is 5.60. The average Bonchev–Trinajstić information content (AvgIpc) is 2.68. The molecule has 0 saturated heterocycles. The topological polar surface area (TPSA) is 107 Å². The fourth-order valence-electron chi connectivity index (χ4n) is 6.22. The van der Waals surface area contributed by atoms with Gasteiger partial charge in [-0.25, -0.2) is 4.79 Å². The predicted octanol–water partition coefficient (Wildman–Crippen LogP) is 3.78. The summed E-state index contributed by atoms with van der Waals surface area (Å²) in [5.74, 6) is -1.05. The number of aliphatic carboxylic acids is 1. The zero-order chi connectivity index (χ0) is 24.3. The molecule has 2 aliphatic carbocycles. The maximum atomic E-state index is 11.9. The van der Waals surface area contributed by atoms with Gasteiger partial charge in [0.05, 0.1) is 6.10 Å². The van der Waals surface area contributed by atoms with Crippen LogP contribution in [0.4, 0.5) is 0 Å². The van der Waals surface area contributed by atoms with E-state index in [-0.39, 0.29) is 34.2 Å². The lowest BCUT2D eigenvalue weighted by atomic mass is 9.44. The van der Waals surface area contributed by atoms with Crippen molar-refractivity contribution in [1.29, 1.82) is 0 Å². The van der Waals surface area contributed by atoms with Crippen LogP contribution in [0.1, 0.15) is 66.7 Å². The van der Waals surface area contributed by atoms with Crippen molar-refractivity contribution in [2.45, 2.75) is 84.5 Å². The molecule has 2 rings (SSSR count). The molecule has 7 heteroatoms. The molecule has 0 aromatic heterocycles. The first-order valence-corrected chi connectivity index (χ1v) is 12.7. The lowest BCUT2D eigenvalue weighted by molar-refractivity contribution is -0.215. The quantitative estimate of drug-likeness (QED) is 0.385. The third-order valence-electron chi connectivity index (χ3n) is 8.00. The monoisotopic (exact) mass is 467 g/mol. The molecule has 0 aromatic rings. The third-order valence-corrected chi connectivity index (χ3v) is 9.24. The molecule has 2 fully saturated rings. The summed E-state index contributed by atoms with van der Waals surface area (Å²) in [5, 5.41) is 35.0. The number of carboxylic acids is 1. The minimum atomic E-state index is -1.35. The molecule has 2 aliphatic rings. The Labute approximate surface area is 196 Å². The highest BCUT2D eigenvalue weighted by molar-refractivity contribution is 7.99. The number of hydrogen-bond donors (Lipinski definition) is 4. The summed E-state index contributed by atoms with van der Waals surface area (Å²) in [4.78, 5) is 22.8. The van der Waals surface area contributed by atoms with E-state index < -0.39 is 29.6 Å². The molecule has 32 heavy (non-hydrogen) atoms. The molecular formula is C25H41NO5S. The van der Waals surface area contributed by atoms with Crippen LogP contribution in [-0.2, 0) is 9.59 Å². The molecule has 1 unspecified atom stereocenters. The highest BCUT2D eigenvalue weighted by atomic mass is 32.2. The van der Waals surface area contributed by atoms with Gasteiger partial charge in [0.2, 0.25) is 5.91 Å². The maximum absolute atomic E-state index is 11.9. The van der Waals surface area contributed by atoms with Gasteiger partial charge in [0.25, 0.3) is 0 Å². The van der Waals surface area contributed by atoms with Crippen molar-refractivity contribution < 1.29 is 24.9 Å². The van der Waals surface area contributed by atoms with Gasteiger partial charge in [-0.2, -0.15) is 11.8 Å². The van der Waals surface area contributed by atoms with E-state index in [4.69, 9.17) is 0 Å². The number of carbonyl (C=O) groups is 2. The fourth-order valence-corrected chi connectivity index (χ4v) is 7.52. The Morgan fingerprint density at radius 3 is 2.47 bits per heavy atom. The molecule has 0 spiro atoms. The Kier molecular flexibility index (Phi) is 8.68. The summed E-state index contributed by atoms with van der Waals surface area (Å²) in [6.07, 6.45) is 7.35. The Morgan fingerprint density at radius 1 is 1.25 bits per heavy atom. The second kappa shape index (κ2) is 10.3. The largest absolute Gasteiger partial charge is 0.480 e. The molecule has 0 aromatic carbocycles.